The van der Waals surface area contributed by atoms with Crippen molar-refractivity contribution >= 4 is 15.7 Å². The highest BCUT2D eigenvalue weighted by atomic mass is 32.2. The summed E-state index contributed by atoms with van der Waals surface area (Å²) in [7, 11) is -2.86. The lowest BCUT2D eigenvalue weighted by Gasteiger charge is -2.15. The first kappa shape index (κ1) is 14.4. The van der Waals surface area contributed by atoms with Crippen molar-refractivity contribution in [3.8, 4) is 0 Å². The molecule has 5 nitrogen and oxygen atoms in total. The molecule has 0 saturated carbocycles. The summed E-state index contributed by atoms with van der Waals surface area (Å²) in [6, 6.07) is 0. The van der Waals surface area contributed by atoms with Crippen LogP contribution in [0.2, 0.25) is 0 Å². The highest BCUT2D eigenvalue weighted by Gasteiger charge is 2.28. The SMILES string of the molecule is CCCC(CN)C(=O)NCC1CCS(=O)(=O)C1. The van der Waals surface area contributed by atoms with Crippen LogP contribution in [0.25, 0.3) is 0 Å². The van der Waals surface area contributed by atoms with E-state index in [1.54, 1.807) is 0 Å². The van der Waals surface area contributed by atoms with Gasteiger partial charge >= 0.3 is 0 Å². The van der Waals surface area contributed by atoms with Gasteiger partial charge in [-0.25, -0.2) is 8.42 Å². The molecular formula is C11H22N2O3S. The molecule has 2 unspecified atom stereocenters. The van der Waals surface area contributed by atoms with Gasteiger partial charge in [0.15, 0.2) is 9.84 Å². The molecule has 1 fully saturated rings. The number of hydrogen-bond donors (Lipinski definition) is 2. The van der Waals surface area contributed by atoms with Gasteiger partial charge in [-0.2, -0.15) is 0 Å². The number of carbonyl (C=O) groups is 1. The number of rotatable bonds is 6. The summed E-state index contributed by atoms with van der Waals surface area (Å²) in [5.41, 5.74) is 5.53. The Bertz CT molecular complexity index is 354. The zero-order chi connectivity index (χ0) is 12.9. The van der Waals surface area contributed by atoms with E-state index in [1.165, 1.54) is 0 Å². The highest BCUT2D eigenvalue weighted by molar-refractivity contribution is 7.91. The summed E-state index contributed by atoms with van der Waals surface area (Å²) in [6.45, 7) is 2.82. The molecule has 0 aromatic rings. The number of hydrogen-bond acceptors (Lipinski definition) is 4. The lowest BCUT2D eigenvalue weighted by atomic mass is 10.0. The fourth-order valence-electron chi connectivity index (χ4n) is 2.13. The fourth-order valence-corrected chi connectivity index (χ4v) is 3.99. The van der Waals surface area contributed by atoms with Gasteiger partial charge in [-0.3, -0.25) is 4.79 Å². The van der Waals surface area contributed by atoms with Gasteiger partial charge in [-0.15, -0.1) is 0 Å². The van der Waals surface area contributed by atoms with E-state index in [4.69, 9.17) is 5.73 Å². The largest absolute Gasteiger partial charge is 0.356 e. The Balaban J connectivity index is 2.33. The Morgan fingerprint density at radius 2 is 2.24 bits per heavy atom. The van der Waals surface area contributed by atoms with Gasteiger partial charge in [0.25, 0.3) is 0 Å². The molecule has 0 aliphatic carbocycles. The van der Waals surface area contributed by atoms with E-state index >= 15 is 0 Å². The lowest BCUT2D eigenvalue weighted by Crippen LogP contribution is -2.37. The normalized spacial score (nSPS) is 24.5. The molecule has 1 saturated heterocycles. The van der Waals surface area contributed by atoms with Crippen molar-refractivity contribution in [3.05, 3.63) is 0 Å². The summed E-state index contributed by atoms with van der Waals surface area (Å²) in [4.78, 5) is 11.7. The second-order valence-corrected chi connectivity index (χ2v) is 6.96. The molecule has 0 bridgehead atoms. The molecule has 100 valence electrons. The van der Waals surface area contributed by atoms with E-state index in [0.29, 0.717) is 19.5 Å². The minimum atomic E-state index is -2.86. The van der Waals surface area contributed by atoms with Crippen LogP contribution in [0.15, 0.2) is 0 Å². The van der Waals surface area contributed by atoms with Gasteiger partial charge in [0.2, 0.25) is 5.91 Å². The Hall–Kier alpha value is -0.620. The molecule has 1 amide bonds. The van der Waals surface area contributed by atoms with Crippen LogP contribution in [0.4, 0.5) is 0 Å². The van der Waals surface area contributed by atoms with E-state index in [-0.39, 0.29) is 29.2 Å². The molecular weight excluding hydrogens is 240 g/mol. The van der Waals surface area contributed by atoms with Crippen molar-refractivity contribution in [1.29, 1.82) is 0 Å². The molecule has 0 aromatic carbocycles. The van der Waals surface area contributed by atoms with Gasteiger partial charge < -0.3 is 11.1 Å². The minimum absolute atomic E-state index is 0.0429. The zero-order valence-electron chi connectivity index (χ0n) is 10.3. The molecule has 0 spiro atoms. The van der Waals surface area contributed by atoms with Crippen LogP contribution in [-0.4, -0.2) is 38.9 Å². The highest BCUT2D eigenvalue weighted by Crippen LogP contribution is 2.17. The van der Waals surface area contributed by atoms with Gasteiger partial charge in [0.05, 0.1) is 17.4 Å². The van der Waals surface area contributed by atoms with Crippen molar-refractivity contribution in [1.82, 2.24) is 5.32 Å². The monoisotopic (exact) mass is 262 g/mol. The first-order valence-electron chi connectivity index (χ1n) is 6.16. The van der Waals surface area contributed by atoms with Crippen LogP contribution in [0, 0.1) is 11.8 Å². The molecule has 1 heterocycles. The Morgan fingerprint density at radius 3 is 2.71 bits per heavy atom. The number of carbonyl (C=O) groups excluding carboxylic acids is 1. The molecule has 1 aliphatic rings. The first-order valence-corrected chi connectivity index (χ1v) is 7.99. The van der Waals surface area contributed by atoms with E-state index in [0.717, 1.165) is 12.8 Å². The van der Waals surface area contributed by atoms with Crippen molar-refractivity contribution in [2.75, 3.05) is 24.6 Å². The summed E-state index contributed by atoms with van der Waals surface area (Å²) in [5, 5.41) is 2.81. The predicted octanol–water partition coefficient (Wildman–Crippen LogP) is -0.0877. The second kappa shape index (κ2) is 6.35. The van der Waals surface area contributed by atoms with Crippen LogP contribution >= 0.6 is 0 Å². The van der Waals surface area contributed by atoms with Crippen molar-refractivity contribution < 1.29 is 13.2 Å². The lowest BCUT2D eigenvalue weighted by molar-refractivity contribution is -0.125. The maximum absolute atomic E-state index is 11.7. The standard InChI is InChI=1S/C11H22N2O3S/c1-2-3-10(6-12)11(14)13-7-9-4-5-17(15,16)8-9/h9-10H,2-8,12H2,1H3,(H,13,14). The zero-order valence-corrected chi connectivity index (χ0v) is 11.1. The van der Waals surface area contributed by atoms with Gasteiger partial charge in [-0.1, -0.05) is 13.3 Å². The Kier molecular flexibility index (Phi) is 5.39. The molecule has 3 N–H and O–H groups in total. The number of nitrogens with one attached hydrogen (secondary N) is 1. The van der Waals surface area contributed by atoms with Crippen molar-refractivity contribution in [2.45, 2.75) is 26.2 Å². The van der Waals surface area contributed by atoms with E-state index in [9.17, 15) is 13.2 Å². The molecule has 0 aromatic heterocycles. The maximum Gasteiger partial charge on any atom is 0.224 e. The van der Waals surface area contributed by atoms with Crippen LogP contribution in [0.5, 0.6) is 0 Å². The first-order chi connectivity index (χ1) is 7.98. The third kappa shape index (κ3) is 4.63. The smallest absolute Gasteiger partial charge is 0.224 e. The molecule has 2 atom stereocenters. The Labute approximate surface area is 103 Å². The molecule has 1 aliphatic heterocycles. The van der Waals surface area contributed by atoms with Crippen LogP contribution in [0.3, 0.4) is 0 Å². The summed E-state index contributed by atoms with van der Waals surface area (Å²) >= 11 is 0. The number of sulfone groups is 1. The van der Waals surface area contributed by atoms with E-state index < -0.39 is 9.84 Å². The maximum atomic E-state index is 11.7. The van der Waals surface area contributed by atoms with E-state index in [1.807, 2.05) is 6.92 Å². The van der Waals surface area contributed by atoms with Gasteiger partial charge in [0, 0.05) is 13.1 Å². The molecule has 6 heteroatoms. The van der Waals surface area contributed by atoms with Crippen molar-refractivity contribution in [3.63, 3.8) is 0 Å². The Morgan fingerprint density at radius 1 is 1.53 bits per heavy atom. The third-order valence-electron chi connectivity index (χ3n) is 3.18. The molecule has 0 radical (unpaired) electrons. The average Bonchev–Trinajstić information content (AvgIpc) is 2.62. The minimum Gasteiger partial charge on any atom is -0.356 e. The summed E-state index contributed by atoms with van der Waals surface area (Å²) in [5.74, 6) is 0.345. The van der Waals surface area contributed by atoms with Crippen molar-refractivity contribution in [2.24, 2.45) is 17.6 Å². The average molecular weight is 262 g/mol. The quantitative estimate of drug-likeness (QED) is 0.700. The predicted molar refractivity (Wildman–Crippen MR) is 67.2 cm³/mol. The molecule has 17 heavy (non-hydrogen) atoms. The molecule has 1 rings (SSSR count). The number of amides is 1. The van der Waals surface area contributed by atoms with Crippen LogP contribution in [0.1, 0.15) is 26.2 Å². The van der Waals surface area contributed by atoms with E-state index in [2.05, 4.69) is 5.32 Å². The summed E-state index contributed by atoms with van der Waals surface area (Å²) < 4.78 is 22.5. The summed E-state index contributed by atoms with van der Waals surface area (Å²) in [6.07, 6.45) is 2.36. The van der Waals surface area contributed by atoms with Gasteiger partial charge in [-0.05, 0) is 18.8 Å². The van der Waals surface area contributed by atoms with Crippen LogP contribution in [-0.2, 0) is 14.6 Å². The topological polar surface area (TPSA) is 89.3 Å². The second-order valence-electron chi connectivity index (χ2n) is 4.74. The van der Waals surface area contributed by atoms with Gasteiger partial charge in [0.1, 0.15) is 0 Å². The fraction of sp³-hybridized carbons (Fsp3) is 0.909. The van der Waals surface area contributed by atoms with Crippen LogP contribution < -0.4 is 11.1 Å². The third-order valence-corrected chi connectivity index (χ3v) is 5.02. The number of nitrogens with two attached hydrogens (primary N) is 1.